The quantitative estimate of drug-likeness (QED) is 0.864. The highest BCUT2D eigenvalue weighted by atomic mass is 79.9. The summed E-state index contributed by atoms with van der Waals surface area (Å²) in [5.41, 5.74) is 8.62. The summed E-state index contributed by atoms with van der Waals surface area (Å²) in [5.74, 6) is -0.141. The Morgan fingerprint density at radius 1 is 1.55 bits per heavy atom. The smallest absolute Gasteiger partial charge is 0.245 e. The van der Waals surface area contributed by atoms with Crippen molar-refractivity contribution >= 4 is 33.2 Å². The van der Waals surface area contributed by atoms with E-state index in [1.807, 2.05) is 12.1 Å². The Labute approximate surface area is 126 Å². The lowest BCUT2D eigenvalue weighted by Crippen LogP contribution is -2.42. The topological polar surface area (TPSA) is 67.6 Å². The van der Waals surface area contributed by atoms with Crippen molar-refractivity contribution in [3.63, 3.8) is 0 Å². The van der Waals surface area contributed by atoms with E-state index in [0.29, 0.717) is 0 Å². The summed E-state index contributed by atoms with van der Waals surface area (Å²) in [4.78, 5) is 13.9. The number of halogens is 1. The Kier molecular flexibility index (Phi) is 3.70. The van der Waals surface area contributed by atoms with Crippen LogP contribution >= 0.6 is 15.9 Å². The largest absolute Gasteiger partial charge is 0.375 e. The van der Waals surface area contributed by atoms with Gasteiger partial charge in [-0.15, -0.1) is 0 Å². The SMILES string of the molecule is CCC1CN(c2cc3c(cc2Br)C(N)C(=O)N3)CCO1. The fourth-order valence-electron chi connectivity index (χ4n) is 2.72. The lowest BCUT2D eigenvalue weighted by Gasteiger charge is -2.35. The van der Waals surface area contributed by atoms with Crippen LogP contribution in [-0.4, -0.2) is 31.7 Å². The van der Waals surface area contributed by atoms with Crippen molar-refractivity contribution in [2.24, 2.45) is 5.73 Å². The van der Waals surface area contributed by atoms with Gasteiger partial charge in [0, 0.05) is 28.8 Å². The van der Waals surface area contributed by atoms with Gasteiger partial charge in [-0.25, -0.2) is 0 Å². The predicted octanol–water partition coefficient (Wildman–Crippen LogP) is 2.02. The zero-order valence-corrected chi connectivity index (χ0v) is 12.9. The number of anilines is 2. The highest BCUT2D eigenvalue weighted by Crippen LogP contribution is 2.38. The van der Waals surface area contributed by atoms with Gasteiger partial charge < -0.3 is 20.7 Å². The number of benzene rings is 1. The van der Waals surface area contributed by atoms with Crippen molar-refractivity contribution in [3.8, 4) is 0 Å². The number of nitrogens with zero attached hydrogens (tertiary/aromatic N) is 1. The lowest BCUT2D eigenvalue weighted by atomic mass is 10.1. The first-order valence-electron chi connectivity index (χ1n) is 6.86. The molecule has 0 aliphatic carbocycles. The number of amides is 1. The second-order valence-corrected chi connectivity index (χ2v) is 6.06. The Morgan fingerprint density at radius 3 is 3.10 bits per heavy atom. The number of nitrogens with two attached hydrogens (primary N) is 1. The number of nitrogens with one attached hydrogen (secondary N) is 1. The summed E-state index contributed by atoms with van der Waals surface area (Å²) in [6, 6.07) is 3.38. The third-order valence-corrected chi connectivity index (χ3v) is 4.56. The first kappa shape index (κ1) is 13.9. The summed E-state index contributed by atoms with van der Waals surface area (Å²) >= 11 is 3.60. The van der Waals surface area contributed by atoms with Gasteiger partial charge in [-0.1, -0.05) is 6.92 Å². The van der Waals surface area contributed by atoms with E-state index in [9.17, 15) is 4.79 Å². The Balaban J connectivity index is 1.91. The van der Waals surface area contributed by atoms with E-state index in [0.717, 1.165) is 47.5 Å². The number of rotatable bonds is 2. The van der Waals surface area contributed by atoms with E-state index in [1.54, 1.807) is 0 Å². The molecule has 2 heterocycles. The van der Waals surface area contributed by atoms with Gasteiger partial charge in [0.05, 0.1) is 18.4 Å². The monoisotopic (exact) mass is 339 g/mol. The minimum absolute atomic E-state index is 0.141. The predicted molar refractivity (Wildman–Crippen MR) is 81.9 cm³/mol. The number of ether oxygens (including phenoxy) is 1. The van der Waals surface area contributed by atoms with Crippen molar-refractivity contribution in [1.29, 1.82) is 0 Å². The molecule has 2 aliphatic heterocycles. The summed E-state index contributed by atoms with van der Waals surface area (Å²) in [6.45, 7) is 4.58. The molecule has 3 rings (SSSR count). The van der Waals surface area contributed by atoms with Crippen LogP contribution in [0.15, 0.2) is 16.6 Å². The number of hydrogen-bond acceptors (Lipinski definition) is 4. The zero-order chi connectivity index (χ0) is 14.3. The molecule has 2 aliphatic rings. The van der Waals surface area contributed by atoms with E-state index >= 15 is 0 Å². The summed E-state index contributed by atoms with van der Waals surface area (Å²) in [5, 5.41) is 2.84. The highest BCUT2D eigenvalue weighted by Gasteiger charge is 2.30. The van der Waals surface area contributed by atoms with Gasteiger partial charge in [0.2, 0.25) is 5.91 Å². The van der Waals surface area contributed by atoms with E-state index in [1.165, 1.54) is 0 Å². The number of carbonyl (C=O) groups excluding carboxylic acids is 1. The average molecular weight is 340 g/mol. The van der Waals surface area contributed by atoms with Crippen molar-refractivity contribution < 1.29 is 9.53 Å². The van der Waals surface area contributed by atoms with Crippen LogP contribution in [0, 0.1) is 0 Å². The van der Waals surface area contributed by atoms with Gasteiger partial charge in [0.15, 0.2) is 0 Å². The third-order valence-electron chi connectivity index (χ3n) is 3.93. The molecule has 6 heteroatoms. The maximum absolute atomic E-state index is 11.6. The molecule has 2 atom stereocenters. The zero-order valence-electron chi connectivity index (χ0n) is 11.4. The molecule has 0 aromatic heterocycles. The van der Waals surface area contributed by atoms with Crippen LogP contribution in [0.2, 0.25) is 0 Å². The Bertz CT molecular complexity index is 549. The molecule has 0 radical (unpaired) electrons. The van der Waals surface area contributed by atoms with Gasteiger partial charge in [0.1, 0.15) is 6.04 Å². The molecule has 3 N–H and O–H groups in total. The minimum Gasteiger partial charge on any atom is -0.375 e. The molecule has 0 bridgehead atoms. The van der Waals surface area contributed by atoms with E-state index < -0.39 is 6.04 Å². The van der Waals surface area contributed by atoms with Crippen molar-refractivity contribution in [3.05, 3.63) is 22.2 Å². The van der Waals surface area contributed by atoms with E-state index in [4.69, 9.17) is 10.5 Å². The van der Waals surface area contributed by atoms with E-state index in [2.05, 4.69) is 33.1 Å². The standard InChI is InChI=1S/C14H18BrN3O2/c1-2-8-7-18(3-4-20-8)12-6-11-9(5-10(12)15)13(16)14(19)17-11/h5-6,8,13H,2-4,7,16H2,1H3,(H,17,19). The number of carbonyl (C=O) groups is 1. The highest BCUT2D eigenvalue weighted by molar-refractivity contribution is 9.10. The minimum atomic E-state index is -0.566. The van der Waals surface area contributed by atoms with Crippen LogP contribution in [-0.2, 0) is 9.53 Å². The van der Waals surface area contributed by atoms with Gasteiger partial charge in [0.25, 0.3) is 0 Å². The molecule has 1 aromatic rings. The first-order valence-corrected chi connectivity index (χ1v) is 7.66. The van der Waals surface area contributed by atoms with Crippen LogP contribution < -0.4 is 16.0 Å². The number of fused-ring (bicyclic) bond motifs is 1. The molecular weight excluding hydrogens is 322 g/mol. The molecular formula is C14H18BrN3O2. The molecule has 2 unspecified atom stereocenters. The molecule has 1 saturated heterocycles. The fourth-order valence-corrected chi connectivity index (χ4v) is 3.33. The summed E-state index contributed by atoms with van der Waals surface area (Å²) in [7, 11) is 0. The molecule has 1 aromatic carbocycles. The van der Waals surface area contributed by atoms with E-state index in [-0.39, 0.29) is 12.0 Å². The van der Waals surface area contributed by atoms with Crippen LogP contribution in [0.4, 0.5) is 11.4 Å². The summed E-state index contributed by atoms with van der Waals surface area (Å²) < 4.78 is 6.67. The van der Waals surface area contributed by atoms with Crippen molar-refractivity contribution in [1.82, 2.24) is 0 Å². The first-order chi connectivity index (χ1) is 9.60. The third kappa shape index (κ3) is 2.32. The molecule has 1 amide bonds. The van der Waals surface area contributed by atoms with Crippen LogP contribution in [0.25, 0.3) is 0 Å². The Morgan fingerprint density at radius 2 is 2.35 bits per heavy atom. The maximum atomic E-state index is 11.6. The van der Waals surface area contributed by atoms with Crippen LogP contribution in [0.1, 0.15) is 24.9 Å². The fraction of sp³-hybridized carbons (Fsp3) is 0.500. The normalized spacial score (nSPS) is 25.6. The molecule has 0 saturated carbocycles. The molecule has 1 fully saturated rings. The van der Waals surface area contributed by atoms with Crippen molar-refractivity contribution in [2.45, 2.75) is 25.5 Å². The summed E-state index contributed by atoms with van der Waals surface area (Å²) in [6.07, 6.45) is 1.27. The molecule has 0 spiro atoms. The Hall–Kier alpha value is -1.11. The number of morpholine rings is 1. The van der Waals surface area contributed by atoms with Gasteiger partial charge >= 0.3 is 0 Å². The average Bonchev–Trinajstić information content (AvgIpc) is 2.73. The maximum Gasteiger partial charge on any atom is 0.245 e. The molecule has 108 valence electrons. The van der Waals surface area contributed by atoms with Crippen LogP contribution in [0.3, 0.4) is 0 Å². The van der Waals surface area contributed by atoms with Gasteiger partial charge in [-0.2, -0.15) is 0 Å². The lowest BCUT2D eigenvalue weighted by molar-refractivity contribution is -0.116. The second-order valence-electron chi connectivity index (χ2n) is 5.20. The second kappa shape index (κ2) is 5.35. The van der Waals surface area contributed by atoms with Gasteiger partial charge in [-0.3, -0.25) is 4.79 Å². The van der Waals surface area contributed by atoms with Gasteiger partial charge in [-0.05, 0) is 34.5 Å². The molecule has 5 nitrogen and oxygen atoms in total. The molecule has 20 heavy (non-hydrogen) atoms. The van der Waals surface area contributed by atoms with Crippen LogP contribution in [0.5, 0.6) is 0 Å². The van der Waals surface area contributed by atoms with Crippen molar-refractivity contribution in [2.75, 3.05) is 29.9 Å². The number of hydrogen-bond donors (Lipinski definition) is 2.